The summed E-state index contributed by atoms with van der Waals surface area (Å²) in [5.41, 5.74) is 2.34. The quantitative estimate of drug-likeness (QED) is 0.894. The molecule has 19 heavy (non-hydrogen) atoms. The Bertz CT molecular complexity index is 548. The average molecular weight is 261 g/mol. The molecule has 0 aliphatic carbocycles. The van der Waals surface area contributed by atoms with Gasteiger partial charge in [0.2, 0.25) is 0 Å². The molecule has 0 fully saturated rings. The summed E-state index contributed by atoms with van der Waals surface area (Å²) in [5, 5.41) is 7.70. The molecule has 0 spiro atoms. The Morgan fingerprint density at radius 1 is 1.37 bits per heavy atom. The highest BCUT2D eigenvalue weighted by atomic mass is 19.1. The molecule has 1 aromatic carbocycles. The number of nitrogens with one attached hydrogen (secondary N) is 1. The maximum atomic E-state index is 14.1. The molecule has 1 unspecified atom stereocenters. The lowest BCUT2D eigenvalue weighted by molar-refractivity contribution is 0.553. The van der Waals surface area contributed by atoms with E-state index in [1.54, 1.807) is 16.9 Å². The summed E-state index contributed by atoms with van der Waals surface area (Å²) in [4.78, 5) is 0. The Morgan fingerprint density at radius 3 is 2.79 bits per heavy atom. The Balaban J connectivity index is 2.41. The fourth-order valence-electron chi connectivity index (χ4n) is 2.13. The molecule has 102 valence electrons. The van der Waals surface area contributed by atoms with Crippen LogP contribution in [0.15, 0.2) is 30.5 Å². The normalized spacial score (nSPS) is 12.6. The summed E-state index contributed by atoms with van der Waals surface area (Å²) in [5.74, 6) is -0.245. The molecule has 4 heteroatoms. The lowest BCUT2D eigenvalue weighted by Gasteiger charge is -2.18. The monoisotopic (exact) mass is 261 g/mol. The molecule has 0 saturated heterocycles. The summed E-state index contributed by atoms with van der Waals surface area (Å²) < 4.78 is 15.8. The van der Waals surface area contributed by atoms with E-state index in [-0.39, 0.29) is 11.9 Å². The minimum absolute atomic E-state index is 0.0927. The first-order valence-corrected chi connectivity index (χ1v) is 6.68. The van der Waals surface area contributed by atoms with Gasteiger partial charge in [0.25, 0.3) is 0 Å². The van der Waals surface area contributed by atoms with E-state index < -0.39 is 0 Å². The summed E-state index contributed by atoms with van der Waals surface area (Å²) in [6, 6.07) is 7.13. The zero-order valence-electron chi connectivity index (χ0n) is 11.7. The molecular weight excluding hydrogens is 241 g/mol. The van der Waals surface area contributed by atoms with Gasteiger partial charge in [-0.2, -0.15) is 5.10 Å². The van der Waals surface area contributed by atoms with Gasteiger partial charge in [0, 0.05) is 12.2 Å². The predicted molar refractivity (Wildman–Crippen MR) is 75.0 cm³/mol. The minimum Gasteiger partial charge on any atom is -0.310 e. The van der Waals surface area contributed by atoms with Gasteiger partial charge in [-0.25, -0.2) is 9.07 Å². The molecule has 0 aliphatic rings. The highest BCUT2D eigenvalue weighted by Crippen LogP contribution is 2.24. The minimum atomic E-state index is -0.245. The molecule has 1 atom stereocenters. The molecule has 3 nitrogen and oxygen atoms in total. The van der Waals surface area contributed by atoms with Crippen molar-refractivity contribution in [3.63, 3.8) is 0 Å². The van der Waals surface area contributed by atoms with Crippen LogP contribution < -0.4 is 5.32 Å². The summed E-state index contributed by atoms with van der Waals surface area (Å²) in [6.07, 6.45) is 2.85. The van der Waals surface area contributed by atoms with Crippen LogP contribution >= 0.6 is 0 Å². The van der Waals surface area contributed by atoms with Crippen molar-refractivity contribution in [1.82, 2.24) is 15.1 Å². The van der Waals surface area contributed by atoms with Gasteiger partial charge < -0.3 is 5.32 Å². The van der Waals surface area contributed by atoms with Gasteiger partial charge in [-0.3, -0.25) is 0 Å². The average Bonchev–Trinajstić information content (AvgIpc) is 2.82. The van der Waals surface area contributed by atoms with Crippen LogP contribution in [0.4, 0.5) is 4.39 Å². The van der Waals surface area contributed by atoms with Crippen LogP contribution in [-0.4, -0.2) is 16.3 Å². The van der Waals surface area contributed by atoms with E-state index >= 15 is 0 Å². The van der Waals surface area contributed by atoms with Crippen LogP contribution in [0, 0.1) is 12.7 Å². The standard InChI is InChI=1S/C15H20FN3/c1-4-9-17-12(3)13-6-5-7-14(16)15(13)19-10-8-11(2)18-19/h5-8,10,12,17H,4,9H2,1-3H3. The third kappa shape index (κ3) is 3.01. The maximum Gasteiger partial charge on any atom is 0.149 e. The number of para-hydroxylation sites is 1. The first-order chi connectivity index (χ1) is 9.13. The van der Waals surface area contributed by atoms with E-state index in [1.807, 2.05) is 26.0 Å². The molecule has 0 radical (unpaired) electrons. The van der Waals surface area contributed by atoms with Crippen molar-refractivity contribution in [1.29, 1.82) is 0 Å². The molecule has 0 amide bonds. The molecular formula is C15H20FN3. The van der Waals surface area contributed by atoms with Gasteiger partial charge in [0.15, 0.2) is 0 Å². The SMILES string of the molecule is CCCNC(C)c1cccc(F)c1-n1ccc(C)n1. The van der Waals surface area contributed by atoms with Gasteiger partial charge in [-0.05, 0) is 44.5 Å². The lowest BCUT2D eigenvalue weighted by atomic mass is 10.1. The van der Waals surface area contributed by atoms with Crippen LogP contribution in [-0.2, 0) is 0 Å². The largest absolute Gasteiger partial charge is 0.310 e. The number of benzene rings is 1. The van der Waals surface area contributed by atoms with Crippen molar-refractivity contribution in [2.24, 2.45) is 0 Å². The Morgan fingerprint density at radius 2 is 2.16 bits per heavy atom. The lowest BCUT2D eigenvalue weighted by Crippen LogP contribution is -2.21. The van der Waals surface area contributed by atoms with E-state index in [2.05, 4.69) is 17.3 Å². The first-order valence-electron chi connectivity index (χ1n) is 6.68. The zero-order valence-corrected chi connectivity index (χ0v) is 11.7. The number of rotatable bonds is 5. The van der Waals surface area contributed by atoms with Gasteiger partial charge in [-0.15, -0.1) is 0 Å². The van der Waals surface area contributed by atoms with E-state index in [9.17, 15) is 4.39 Å². The molecule has 0 saturated carbocycles. The fraction of sp³-hybridized carbons (Fsp3) is 0.400. The van der Waals surface area contributed by atoms with Gasteiger partial charge in [-0.1, -0.05) is 19.1 Å². The van der Waals surface area contributed by atoms with Crippen molar-refractivity contribution >= 4 is 0 Å². The van der Waals surface area contributed by atoms with Crippen LogP contribution in [0.5, 0.6) is 0 Å². The van der Waals surface area contributed by atoms with Crippen LogP contribution in [0.2, 0.25) is 0 Å². The van der Waals surface area contributed by atoms with E-state index in [1.165, 1.54) is 6.07 Å². The number of halogens is 1. The third-order valence-electron chi connectivity index (χ3n) is 3.14. The molecule has 1 aromatic heterocycles. The highest BCUT2D eigenvalue weighted by molar-refractivity contribution is 5.43. The molecule has 2 aromatic rings. The van der Waals surface area contributed by atoms with Crippen molar-refractivity contribution in [2.75, 3.05) is 6.54 Å². The topological polar surface area (TPSA) is 29.9 Å². The highest BCUT2D eigenvalue weighted by Gasteiger charge is 2.15. The number of aryl methyl sites for hydroxylation is 1. The number of nitrogens with zero attached hydrogens (tertiary/aromatic N) is 2. The summed E-state index contributed by atoms with van der Waals surface area (Å²) in [6.45, 7) is 6.97. The smallest absolute Gasteiger partial charge is 0.149 e. The molecule has 1 heterocycles. The zero-order chi connectivity index (χ0) is 13.8. The fourth-order valence-corrected chi connectivity index (χ4v) is 2.13. The van der Waals surface area contributed by atoms with Crippen molar-refractivity contribution < 1.29 is 4.39 Å². The van der Waals surface area contributed by atoms with Crippen LogP contribution in [0.3, 0.4) is 0 Å². The second-order valence-electron chi connectivity index (χ2n) is 4.76. The van der Waals surface area contributed by atoms with Crippen molar-refractivity contribution in [3.05, 3.63) is 47.5 Å². The van der Waals surface area contributed by atoms with Crippen molar-refractivity contribution in [2.45, 2.75) is 33.2 Å². The number of hydrogen-bond acceptors (Lipinski definition) is 2. The van der Waals surface area contributed by atoms with Crippen LogP contribution in [0.1, 0.15) is 37.6 Å². The molecule has 0 aliphatic heterocycles. The Kier molecular flexibility index (Phi) is 4.32. The second kappa shape index (κ2) is 5.97. The second-order valence-corrected chi connectivity index (χ2v) is 4.76. The third-order valence-corrected chi connectivity index (χ3v) is 3.14. The maximum absolute atomic E-state index is 14.1. The Labute approximate surface area is 113 Å². The van der Waals surface area contributed by atoms with Gasteiger partial charge >= 0.3 is 0 Å². The van der Waals surface area contributed by atoms with Crippen LogP contribution in [0.25, 0.3) is 5.69 Å². The first kappa shape index (κ1) is 13.7. The number of hydrogen-bond donors (Lipinski definition) is 1. The van der Waals surface area contributed by atoms with E-state index in [0.717, 1.165) is 24.2 Å². The molecule has 2 rings (SSSR count). The van der Waals surface area contributed by atoms with E-state index in [4.69, 9.17) is 0 Å². The van der Waals surface area contributed by atoms with Crippen molar-refractivity contribution in [3.8, 4) is 5.69 Å². The summed E-state index contributed by atoms with van der Waals surface area (Å²) in [7, 11) is 0. The number of aromatic nitrogens is 2. The molecule has 1 N–H and O–H groups in total. The molecule has 0 bridgehead atoms. The van der Waals surface area contributed by atoms with Gasteiger partial charge in [0.1, 0.15) is 11.5 Å². The van der Waals surface area contributed by atoms with E-state index in [0.29, 0.717) is 5.69 Å². The Hall–Kier alpha value is -1.68. The predicted octanol–water partition coefficient (Wildman–Crippen LogP) is 3.38. The summed E-state index contributed by atoms with van der Waals surface area (Å²) >= 11 is 0. The van der Waals surface area contributed by atoms with Gasteiger partial charge in [0.05, 0.1) is 5.69 Å².